The number of hydrogen-bond donors (Lipinski definition) is 0. The second-order valence-electron chi connectivity index (χ2n) is 3.40. The van der Waals surface area contributed by atoms with Crippen LogP contribution in [0.15, 0.2) is 18.2 Å². The Hall–Kier alpha value is -0.700. The maximum atomic E-state index is 12.6. The van der Waals surface area contributed by atoms with Crippen molar-refractivity contribution < 1.29 is 13.2 Å². The first-order valence-electron chi connectivity index (χ1n) is 4.80. The second-order valence-corrected chi connectivity index (χ2v) is 3.84. The summed E-state index contributed by atoms with van der Waals surface area (Å²) >= 11 is 5.56. The lowest BCUT2D eigenvalue weighted by Crippen LogP contribution is -2.09. The zero-order valence-electron chi connectivity index (χ0n) is 8.37. The average molecular weight is 237 g/mol. The minimum Gasteiger partial charge on any atom is -0.166 e. The normalized spacial score (nSPS) is 11.8. The topological polar surface area (TPSA) is 0 Å². The smallest absolute Gasteiger partial charge is 0.166 e. The molecule has 0 spiro atoms. The Morgan fingerprint density at radius 1 is 1.27 bits per heavy atom. The van der Waals surface area contributed by atoms with Crippen molar-refractivity contribution in [2.45, 2.75) is 32.4 Å². The number of aryl methyl sites for hydroxylation is 1. The molecule has 1 aromatic carbocycles. The van der Waals surface area contributed by atoms with Gasteiger partial charge in [0, 0.05) is 5.02 Å². The van der Waals surface area contributed by atoms with Gasteiger partial charge in [-0.15, -0.1) is 0 Å². The molecule has 4 heteroatoms. The SMILES string of the molecule is CCCCc1ccc(Cl)cc1C(F)(F)F. The van der Waals surface area contributed by atoms with E-state index in [2.05, 4.69) is 0 Å². The summed E-state index contributed by atoms with van der Waals surface area (Å²) in [7, 11) is 0. The van der Waals surface area contributed by atoms with Crippen LogP contribution in [0.5, 0.6) is 0 Å². The van der Waals surface area contributed by atoms with Gasteiger partial charge in [-0.25, -0.2) is 0 Å². The van der Waals surface area contributed by atoms with E-state index in [0.29, 0.717) is 12.0 Å². The molecule has 1 rings (SSSR count). The summed E-state index contributed by atoms with van der Waals surface area (Å²) in [6.45, 7) is 1.95. The van der Waals surface area contributed by atoms with Gasteiger partial charge < -0.3 is 0 Å². The Morgan fingerprint density at radius 2 is 1.93 bits per heavy atom. The summed E-state index contributed by atoms with van der Waals surface area (Å²) in [6, 6.07) is 3.95. The molecule has 0 atom stereocenters. The van der Waals surface area contributed by atoms with Crippen LogP contribution < -0.4 is 0 Å². The lowest BCUT2D eigenvalue weighted by Gasteiger charge is -2.12. The van der Waals surface area contributed by atoms with E-state index in [1.165, 1.54) is 12.1 Å². The van der Waals surface area contributed by atoms with Gasteiger partial charge in [0.2, 0.25) is 0 Å². The molecule has 0 unspecified atom stereocenters. The van der Waals surface area contributed by atoms with Gasteiger partial charge in [0.1, 0.15) is 0 Å². The number of halogens is 4. The predicted octanol–water partition coefficient (Wildman–Crippen LogP) is 4.70. The number of alkyl halides is 3. The molecule has 0 amide bonds. The van der Waals surface area contributed by atoms with Crippen LogP contribution in [0, 0.1) is 0 Å². The number of benzene rings is 1. The summed E-state index contributed by atoms with van der Waals surface area (Å²) < 4.78 is 37.8. The molecule has 0 aromatic heterocycles. The van der Waals surface area contributed by atoms with Crippen molar-refractivity contribution in [3.63, 3.8) is 0 Å². The molecule has 15 heavy (non-hydrogen) atoms. The highest BCUT2D eigenvalue weighted by Gasteiger charge is 2.33. The van der Waals surface area contributed by atoms with Crippen LogP contribution in [-0.4, -0.2) is 0 Å². The molecule has 0 aliphatic carbocycles. The highest BCUT2D eigenvalue weighted by atomic mass is 35.5. The summed E-state index contributed by atoms with van der Waals surface area (Å²) in [6.07, 6.45) is -2.23. The fourth-order valence-electron chi connectivity index (χ4n) is 1.40. The molecule has 84 valence electrons. The molecule has 0 saturated heterocycles. The highest BCUT2D eigenvalue weighted by Crippen LogP contribution is 2.34. The van der Waals surface area contributed by atoms with Crippen molar-refractivity contribution in [2.24, 2.45) is 0 Å². The molecule has 0 fully saturated rings. The van der Waals surface area contributed by atoms with Crippen molar-refractivity contribution in [3.8, 4) is 0 Å². The van der Waals surface area contributed by atoms with Crippen LogP contribution >= 0.6 is 11.6 Å². The van der Waals surface area contributed by atoms with Crippen molar-refractivity contribution in [1.29, 1.82) is 0 Å². The third-order valence-corrected chi connectivity index (χ3v) is 2.41. The molecule has 0 radical (unpaired) electrons. The van der Waals surface area contributed by atoms with Crippen molar-refractivity contribution in [1.82, 2.24) is 0 Å². The number of unbranched alkanes of at least 4 members (excludes halogenated alkanes) is 1. The van der Waals surface area contributed by atoms with Gasteiger partial charge in [0.15, 0.2) is 0 Å². The fraction of sp³-hybridized carbons (Fsp3) is 0.455. The van der Waals surface area contributed by atoms with E-state index in [1.54, 1.807) is 0 Å². The largest absolute Gasteiger partial charge is 0.416 e. The van der Waals surface area contributed by atoms with Crippen LogP contribution in [0.1, 0.15) is 30.9 Å². The molecule has 0 saturated carbocycles. The summed E-state index contributed by atoms with van der Waals surface area (Å²) in [4.78, 5) is 0. The molecular weight excluding hydrogens is 225 g/mol. The van der Waals surface area contributed by atoms with E-state index in [0.717, 1.165) is 18.9 Å². The van der Waals surface area contributed by atoms with Crippen molar-refractivity contribution in [2.75, 3.05) is 0 Å². The van der Waals surface area contributed by atoms with Crippen LogP contribution in [0.2, 0.25) is 5.02 Å². The quantitative estimate of drug-likeness (QED) is 0.714. The Balaban J connectivity index is 3.04. The van der Waals surface area contributed by atoms with E-state index in [9.17, 15) is 13.2 Å². The first-order valence-corrected chi connectivity index (χ1v) is 5.18. The fourth-order valence-corrected chi connectivity index (χ4v) is 1.57. The van der Waals surface area contributed by atoms with Crippen LogP contribution in [0.3, 0.4) is 0 Å². The minimum atomic E-state index is -4.31. The lowest BCUT2D eigenvalue weighted by molar-refractivity contribution is -0.138. The minimum absolute atomic E-state index is 0.127. The Morgan fingerprint density at radius 3 is 2.47 bits per heavy atom. The van der Waals surface area contributed by atoms with Gasteiger partial charge >= 0.3 is 6.18 Å². The monoisotopic (exact) mass is 236 g/mol. The molecular formula is C11H12ClF3. The molecule has 1 aromatic rings. The third kappa shape index (κ3) is 3.42. The summed E-state index contributed by atoms with van der Waals surface area (Å²) in [5, 5.41) is 0.127. The molecule has 0 aliphatic rings. The van der Waals surface area contributed by atoms with E-state index < -0.39 is 11.7 Å². The van der Waals surface area contributed by atoms with Gasteiger partial charge in [-0.2, -0.15) is 13.2 Å². The summed E-state index contributed by atoms with van der Waals surface area (Å²) in [5.74, 6) is 0. The highest BCUT2D eigenvalue weighted by molar-refractivity contribution is 6.30. The zero-order valence-corrected chi connectivity index (χ0v) is 9.12. The number of hydrogen-bond acceptors (Lipinski definition) is 0. The number of rotatable bonds is 3. The van der Waals surface area contributed by atoms with Gasteiger partial charge in [0.05, 0.1) is 5.56 Å². The molecule has 0 bridgehead atoms. The van der Waals surface area contributed by atoms with Crippen molar-refractivity contribution in [3.05, 3.63) is 34.3 Å². The van der Waals surface area contributed by atoms with Gasteiger partial charge in [-0.3, -0.25) is 0 Å². The zero-order chi connectivity index (χ0) is 11.5. The predicted molar refractivity (Wildman–Crippen MR) is 55.1 cm³/mol. The molecule has 0 aliphatic heterocycles. The first kappa shape index (κ1) is 12.4. The molecule has 0 nitrogen and oxygen atoms in total. The van der Waals surface area contributed by atoms with Crippen molar-refractivity contribution >= 4 is 11.6 Å². The Kier molecular flexibility index (Phi) is 4.03. The van der Waals surface area contributed by atoms with Crippen LogP contribution in [0.4, 0.5) is 13.2 Å². The van der Waals surface area contributed by atoms with E-state index in [-0.39, 0.29) is 5.02 Å². The standard InChI is InChI=1S/C11H12ClF3/c1-2-3-4-8-5-6-9(12)7-10(8)11(13,14)15/h5-7H,2-4H2,1H3. The first-order chi connectivity index (χ1) is 6.95. The maximum absolute atomic E-state index is 12.6. The Bertz CT molecular complexity index is 331. The average Bonchev–Trinajstić information content (AvgIpc) is 2.14. The second kappa shape index (κ2) is 4.88. The Labute approximate surface area is 92.1 Å². The van der Waals surface area contributed by atoms with Gasteiger partial charge in [-0.1, -0.05) is 31.0 Å². The molecule has 0 N–H and O–H groups in total. The van der Waals surface area contributed by atoms with Crippen LogP contribution in [-0.2, 0) is 12.6 Å². The maximum Gasteiger partial charge on any atom is 0.416 e. The molecule has 0 heterocycles. The summed E-state index contributed by atoms with van der Waals surface area (Å²) in [5.41, 5.74) is -0.280. The van der Waals surface area contributed by atoms with Crippen LogP contribution in [0.25, 0.3) is 0 Å². The van der Waals surface area contributed by atoms with E-state index >= 15 is 0 Å². The van der Waals surface area contributed by atoms with E-state index in [4.69, 9.17) is 11.6 Å². The van der Waals surface area contributed by atoms with Gasteiger partial charge in [0.25, 0.3) is 0 Å². The van der Waals surface area contributed by atoms with Gasteiger partial charge in [-0.05, 0) is 30.5 Å². The van der Waals surface area contributed by atoms with E-state index in [1.807, 2.05) is 6.92 Å². The lowest BCUT2D eigenvalue weighted by atomic mass is 10.0. The third-order valence-electron chi connectivity index (χ3n) is 2.18.